The Morgan fingerprint density at radius 1 is 0.616 bits per heavy atom. The molecule has 19 N–H and O–H groups in total. The maximum Gasteiger partial charge on any atom is 0.415 e. The fourth-order valence-corrected chi connectivity index (χ4v) is 11.0. The van der Waals surface area contributed by atoms with E-state index in [9.17, 15) is 52.7 Å². The molecule has 0 bridgehead atoms. The number of aryl methyl sites for hydroxylation is 1. The largest absolute Gasteiger partial charge is 0.480 e. The van der Waals surface area contributed by atoms with E-state index in [1.165, 1.54) is 23.8 Å². The summed E-state index contributed by atoms with van der Waals surface area (Å²) in [6, 6.07) is 7.32. The van der Waals surface area contributed by atoms with E-state index < -0.39 is 109 Å². The van der Waals surface area contributed by atoms with Gasteiger partial charge in [0.2, 0.25) is 29.2 Å². The van der Waals surface area contributed by atoms with Gasteiger partial charge in [-0.15, -0.1) is 0 Å². The highest BCUT2D eigenvalue weighted by Gasteiger charge is 2.50. The zero-order valence-corrected chi connectivity index (χ0v) is 57.9. The fourth-order valence-electron chi connectivity index (χ4n) is 11.0. The first-order valence-electron chi connectivity index (χ1n) is 32.1. The molecule has 7 rings (SSSR count). The number of hydrogen-bond donors (Lipinski definition) is 7. The summed E-state index contributed by atoms with van der Waals surface area (Å²) in [5.41, 5.74) is -0.549. The molecule has 0 aliphatic carbocycles. The number of nitrogens with one attached hydrogen (secondary N) is 4. The van der Waals surface area contributed by atoms with Crippen LogP contribution >= 0.6 is 0 Å². The standard InChI is InChI=1S/C58H76N8O21.3C2H6.6H2O/c1-3-38-39-24-37(86-56(80)65-18-10-36(11-19-65)64-16-6-5-7-17-64)8-9-43(39)63-53-40(38)30-66-44(53)25-42-41(54(66)78)31-85-55(79)58(42,4-2)87-52(77)29-62-48(70)15-23-84-35-57(32-81-20-12-45(67)59-26-49(71)72,33-82-21-13-46(68)60-27-50(73)74)34-83-22-14-47(69)61-28-51(75)76;3*1-2;;;;;;/h8-9,24-25,36H,3-7,10-23,26-35H2,1-2H3,(H,59,67)(H,60,68)(H,61,69)(H,62,70)(H,71,72)(H,73,74)(H,75,76);3*1-2H3;6*1H2/t58-;;;;;;;;;/m0........./s1. The number of carboxylic acid groups (broad SMARTS) is 3. The highest BCUT2D eigenvalue weighted by molar-refractivity contribution is 5.92. The van der Waals surface area contributed by atoms with Crippen molar-refractivity contribution in [3.63, 3.8) is 0 Å². The van der Waals surface area contributed by atoms with Gasteiger partial charge < -0.3 is 117 Å². The van der Waals surface area contributed by atoms with Crippen molar-refractivity contribution in [1.29, 1.82) is 0 Å². The molecule has 2 saturated heterocycles. The molecule has 3 aromatic rings. The van der Waals surface area contributed by atoms with Crippen molar-refractivity contribution in [1.82, 2.24) is 40.6 Å². The van der Waals surface area contributed by atoms with Crippen LogP contribution in [0.3, 0.4) is 0 Å². The molecule has 2 fully saturated rings. The van der Waals surface area contributed by atoms with Crippen LogP contribution in [0.5, 0.6) is 5.75 Å². The number of piperidine rings is 2. The number of rotatable bonds is 33. The third-order valence-corrected chi connectivity index (χ3v) is 15.5. The van der Waals surface area contributed by atoms with E-state index in [0.29, 0.717) is 48.2 Å². The molecule has 35 heteroatoms. The maximum absolute atomic E-state index is 14.4. The number of carbonyl (C=O) groups is 10. The summed E-state index contributed by atoms with van der Waals surface area (Å²) in [6.45, 7) is 14.0. The molecule has 1 aromatic carbocycles. The molecular formula is C64H106N8O27. The summed E-state index contributed by atoms with van der Waals surface area (Å²) in [7, 11) is 0. The predicted octanol–water partition coefficient (Wildman–Crippen LogP) is -0.896. The molecule has 4 aliphatic rings. The lowest BCUT2D eigenvalue weighted by Gasteiger charge is -2.39. The van der Waals surface area contributed by atoms with Gasteiger partial charge in [-0.3, -0.25) is 43.2 Å². The van der Waals surface area contributed by atoms with E-state index in [1.54, 1.807) is 36.1 Å². The minimum Gasteiger partial charge on any atom is -0.480 e. The van der Waals surface area contributed by atoms with Gasteiger partial charge in [0.05, 0.1) is 87.3 Å². The van der Waals surface area contributed by atoms with Crippen molar-refractivity contribution in [2.75, 3.05) is 105 Å². The van der Waals surface area contributed by atoms with Gasteiger partial charge in [0.25, 0.3) is 5.56 Å². The van der Waals surface area contributed by atoms with Crippen molar-refractivity contribution < 1.29 is 129 Å². The average Bonchev–Trinajstić information content (AvgIpc) is 1.64. The average molecular weight is 1420 g/mol. The van der Waals surface area contributed by atoms with Crippen LogP contribution in [-0.4, -0.2) is 238 Å². The second kappa shape index (κ2) is 48.4. The minimum atomic E-state index is -2.09. The summed E-state index contributed by atoms with van der Waals surface area (Å²) in [5, 5.41) is 36.5. The summed E-state index contributed by atoms with van der Waals surface area (Å²) in [6.07, 6.45) is 4.29. The van der Waals surface area contributed by atoms with E-state index in [1.807, 2.05) is 48.5 Å². The quantitative estimate of drug-likeness (QED) is 0.0225. The Bertz CT molecular complexity index is 3020. The smallest absolute Gasteiger partial charge is 0.415 e. The van der Waals surface area contributed by atoms with Crippen LogP contribution in [0, 0.1) is 5.41 Å². The Morgan fingerprint density at radius 2 is 1.07 bits per heavy atom. The van der Waals surface area contributed by atoms with Gasteiger partial charge >= 0.3 is 35.9 Å². The fraction of sp³-hybridized carbons (Fsp3) is 0.625. The van der Waals surface area contributed by atoms with Crippen LogP contribution < -0.4 is 31.6 Å². The number of benzene rings is 1. The van der Waals surface area contributed by atoms with Gasteiger partial charge in [0, 0.05) is 61.3 Å². The zero-order valence-electron chi connectivity index (χ0n) is 57.9. The second-order valence-corrected chi connectivity index (χ2v) is 21.7. The molecule has 564 valence electrons. The summed E-state index contributed by atoms with van der Waals surface area (Å²) in [4.78, 5) is 147. The van der Waals surface area contributed by atoms with Gasteiger partial charge in [0.1, 0.15) is 38.5 Å². The third kappa shape index (κ3) is 27.7. The number of carboxylic acids is 3. The Hall–Kier alpha value is -8.36. The molecule has 35 nitrogen and oxygen atoms in total. The number of ether oxygens (including phenoxy) is 7. The van der Waals surface area contributed by atoms with Crippen LogP contribution in [0.25, 0.3) is 22.3 Å². The first kappa shape index (κ1) is 94.8. The van der Waals surface area contributed by atoms with Gasteiger partial charge in [-0.2, -0.15) is 0 Å². The minimum absolute atomic E-state index is 0. The lowest BCUT2D eigenvalue weighted by Crippen LogP contribution is -2.48. The van der Waals surface area contributed by atoms with E-state index in [-0.39, 0.29) is 135 Å². The molecule has 0 unspecified atom stereocenters. The first-order valence-corrected chi connectivity index (χ1v) is 32.1. The molecule has 5 amide bonds. The van der Waals surface area contributed by atoms with Gasteiger partial charge in [0.15, 0.2) is 0 Å². The summed E-state index contributed by atoms with van der Waals surface area (Å²) >= 11 is 0. The van der Waals surface area contributed by atoms with Crippen LogP contribution in [0.15, 0.2) is 29.1 Å². The van der Waals surface area contributed by atoms with Crippen molar-refractivity contribution in [2.24, 2.45) is 5.41 Å². The SMILES string of the molecule is CC.CC.CC.CCc1c2c(nc3ccc(OC(=O)N4CCC(N5CCCCC5)CC4)cc13)-c1cc3c(c(=O)n1C2)COC(=O)[C@@]3(CC)OC(=O)CNC(=O)CCOCC(COCCC(=O)NCC(=O)O)(COCCC(=O)NCC(=O)O)COCCC(=O)NCC(=O)O.O.O.O.O.O.O. The van der Waals surface area contributed by atoms with Crippen LogP contribution in [-0.2, 0) is 96.7 Å². The first-order chi connectivity index (χ1) is 44.7. The number of hydrogen-bond acceptors (Lipinski definition) is 20. The highest BCUT2D eigenvalue weighted by Crippen LogP contribution is 2.42. The normalized spacial score (nSPS) is 14.8. The molecule has 6 heterocycles. The number of pyridine rings is 2. The lowest BCUT2D eigenvalue weighted by atomic mass is 9.85. The van der Waals surface area contributed by atoms with Gasteiger partial charge in [-0.05, 0) is 81.4 Å². The number of amides is 5. The number of aliphatic carboxylic acids is 3. The Morgan fingerprint density at radius 3 is 1.51 bits per heavy atom. The van der Waals surface area contributed by atoms with Crippen molar-refractivity contribution in [2.45, 2.75) is 151 Å². The van der Waals surface area contributed by atoms with Crippen molar-refractivity contribution in [3.8, 4) is 17.1 Å². The number of fused-ring (bicyclic) bond motifs is 5. The zero-order chi connectivity index (χ0) is 68.7. The highest BCUT2D eigenvalue weighted by atomic mass is 16.6. The lowest BCUT2D eigenvalue weighted by molar-refractivity contribution is -0.189. The van der Waals surface area contributed by atoms with Crippen molar-refractivity contribution >= 4 is 70.5 Å². The monoisotopic (exact) mass is 1420 g/mol. The third-order valence-electron chi connectivity index (χ3n) is 15.5. The Kier molecular flexibility index (Phi) is 46.4. The topological polar surface area (TPSA) is 574 Å². The van der Waals surface area contributed by atoms with Crippen LogP contribution in [0.4, 0.5) is 4.79 Å². The van der Waals surface area contributed by atoms with Gasteiger partial charge in [-0.1, -0.05) is 61.8 Å². The van der Waals surface area contributed by atoms with Crippen LogP contribution in [0.2, 0.25) is 0 Å². The number of carbonyl (C=O) groups excluding carboxylic acids is 7. The molecule has 0 spiro atoms. The maximum atomic E-state index is 14.4. The summed E-state index contributed by atoms with van der Waals surface area (Å²) in [5.74, 6) is -8.00. The van der Waals surface area contributed by atoms with E-state index in [2.05, 4.69) is 26.2 Å². The molecule has 0 radical (unpaired) electrons. The van der Waals surface area contributed by atoms with E-state index in [0.717, 1.165) is 42.4 Å². The second-order valence-electron chi connectivity index (χ2n) is 21.7. The van der Waals surface area contributed by atoms with E-state index in [4.69, 9.17) is 53.5 Å². The molecule has 99 heavy (non-hydrogen) atoms. The Labute approximate surface area is 574 Å². The molecule has 2 aromatic heterocycles. The number of nitrogens with zero attached hydrogens (tertiary/aromatic N) is 4. The number of esters is 2. The van der Waals surface area contributed by atoms with E-state index >= 15 is 0 Å². The number of cyclic esters (lactones) is 1. The van der Waals surface area contributed by atoms with Gasteiger partial charge in [-0.25, -0.2) is 14.6 Å². The number of aromatic nitrogens is 2. The predicted molar refractivity (Wildman–Crippen MR) is 359 cm³/mol. The molecule has 1 atom stereocenters. The summed E-state index contributed by atoms with van der Waals surface area (Å²) < 4.78 is 42.2. The molecule has 4 aliphatic heterocycles. The number of likely N-dealkylation sites (tertiary alicyclic amines) is 2. The van der Waals surface area contributed by atoms with Crippen LogP contribution in [0.1, 0.15) is 142 Å². The molecular weight excluding hydrogens is 1310 g/mol. The molecule has 0 saturated carbocycles. The van der Waals surface area contributed by atoms with Crippen molar-refractivity contribution in [3.05, 3.63) is 56.9 Å². The Balaban J connectivity index is -0.00000747.